The Kier molecular flexibility index (Phi) is 5.08. The summed E-state index contributed by atoms with van der Waals surface area (Å²) in [5, 5.41) is 7.36. The Bertz CT molecular complexity index is 1340. The smallest absolute Gasteiger partial charge is 0.251 e. The summed E-state index contributed by atoms with van der Waals surface area (Å²) in [6, 6.07) is 10.7. The predicted molar refractivity (Wildman–Crippen MR) is 118 cm³/mol. The number of anilines is 1. The molecule has 0 spiro atoms. The standard InChI is InChI=1S/C22H20N8O2/c23-19-21-27-20(18-3-1-12-32-18)28-30(21)13-17(26-19)15-4-6-16(7-5-15)22(31)25-8-2-10-29-11-9-24-14-29/h1,3-7,9,11-14H,2,8,10H2,(H2,23,26)(H,25,31). The number of nitrogens with one attached hydrogen (secondary N) is 1. The average molecular weight is 428 g/mol. The molecule has 3 N–H and O–H groups in total. The summed E-state index contributed by atoms with van der Waals surface area (Å²) in [6.45, 7) is 1.39. The number of carbonyl (C=O) groups is 1. The second kappa shape index (κ2) is 8.34. The number of hydrogen-bond donors (Lipinski definition) is 2. The van der Waals surface area contributed by atoms with E-state index in [9.17, 15) is 4.79 Å². The van der Waals surface area contributed by atoms with E-state index in [2.05, 4.69) is 25.4 Å². The number of nitrogen functional groups attached to an aromatic ring is 1. The molecule has 0 aliphatic heterocycles. The SMILES string of the molecule is Nc1nc(-c2ccc(C(=O)NCCCn3ccnc3)cc2)cn2nc(-c3ccco3)nc12. The molecule has 160 valence electrons. The van der Waals surface area contributed by atoms with Gasteiger partial charge in [-0.2, -0.15) is 0 Å². The molecule has 0 atom stereocenters. The fraction of sp³-hybridized carbons (Fsp3) is 0.136. The van der Waals surface area contributed by atoms with Crippen LogP contribution in [0.5, 0.6) is 0 Å². The van der Waals surface area contributed by atoms with Crippen molar-refractivity contribution in [1.29, 1.82) is 0 Å². The second-order valence-corrected chi connectivity index (χ2v) is 7.18. The van der Waals surface area contributed by atoms with Crippen LogP contribution in [0.4, 0.5) is 5.82 Å². The molecule has 1 aromatic carbocycles. The van der Waals surface area contributed by atoms with Crippen LogP contribution in [0.1, 0.15) is 16.8 Å². The van der Waals surface area contributed by atoms with Crippen LogP contribution in [0, 0.1) is 0 Å². The van der Waals surface area contributed by atoms with Crippen LogP contribution in [0.25, 0.3) is 28.5 Å². The first-order valence-corrected chi connectivity index (χ1v) is 10.1. The van der Waals surface area contributed by atoms with Crippen molar-refractivity contribution in [3.8, 4) is 22.8 Å². The summed E-state index contributed by atoms with van der Waals surface area (Å²) in [5.41, 5.74) is 8.57. The highest BCUT2D eigenvalue weighted by Crippen LogP contribution is 2.23. The molecule has 4 heterocycles. The Balaban J connectivity index is 1.28. The quantitative estimate of drug-likeness (QED) is 0.381. The molecule has 32 heavy (non-hydrogen) atoms. The monoisotopic (exact) mass is 428 g/mol. The zero-order valence-corrected chi connectivity index (χ0v) is 17.0. The van der Waals surface area contributed by atoms with Crippen LogP contribution in [0.15, 0.2) is 72.0 Å². The molecular weight excluding hydrogens is 408 g/mol. The van der Waals surface area contributed by atoms with Gasteiger partial charge in [0.25, 0.3) is 5.91 Å². The van der Waals surface area contributed by atoms with Crippen LogP contribution < -0.4 is 11.1 Å². The van der Waals surface area contributed by atoms with Gasteiger partial charge in [-0.25, -0.2) is 19.5 Å². The molecule has 10 heteroatoms. The number of aromatic nitrogens is 6. The molecule has 1 amide bonds. The van der Waals surface area contributed by atoms with Gasteiger partial charge in [0.1, 0.15) is 0 Å². The second-order valence-electron chi connectivity index (χ2n) is 7.18. The third-order valence-corrected chi connectivity index (χ3v) is 4.97. The lowest BCUT2D eigenvalue weighted by molar-refractivity contribution is 0.0952. The lowest BCUT2D eigenvalue weighted by atomic mass is 10.1. The minimum atomic E-state index is -0.121. The number of benzene rings is 1. The van der Waals surface area contributed by atoms with E-state index in [-0.39, 0.29) is 11.7 Å². The number of nitrogens with two attached hydrogens (primary N) is 1. The summed E-state index contributed by atoms with van der Waals surface area (Å²) >= 11 is 0. The van der Waals surface area contributed by atoms with Gasteiger partial charge in [0.05, 0.1) is 24.5 Å². The van der Waals surface area contributed by atoms with Gasteiger partial charge in [0, 0.05) is 36.6 Å². The molecular formula is C22H20N8O2. The van der Waals surface area contributed by atoms with Gasteiger partial charge in [-0.05, 0) is 30.7 Å². The first-order chi connectivity index (χ1) is 15.7. The normalized spacial score (nSPS) is 11.1. The van der Waals surface area contributed by atoms with Gasteiger partial charge in [-0.15, -0.1) is 5.10 Å². The van der Waals surface area contributed by atoms with Crippen LogP contribution in [-0.2, 0) is 6.54 Å². The first kappa shape index (κ1) is 19.5. The van der Waals surface area contributed by atoms with Gasteiger partial charge in [0.2, 0.25) is 5.82 Å². The van der Waals surface area contributed by atoms with Crippen LogP contribution >= 0.6 is 0 Å². The van der Waals surface area contributed by atoms with Crippen LogP contribution in [-0.4, -0.2) is 41.6 Å². The fourth-order valence-electron chi connectivity index (χ4n) is 3.34. The Morgan fingerprint density at radius 2 is 2.03 bits per heavy atom. The van der Waals surface area contributed by atoms with Crippen molar-refractivity contribution in [2.45, 2.75) is 13.0 Å². The minimum absolute atomic E-state index is 0.121. The Morgan fingerprint density at radius 3 is 2.78 bits per heavy atom. The maximum Gasteiger partial charge on any atom is 0.251 e. The number of amides is 1. The number of hydrogen-bond acceptors (Lipinski definition) is 7. The number of carbonyl (C=O) groups excluding carboxylic acids is 1. The number of imidazole rings is 1. The van der Waals surface area contributed by atoms with Gasteiger partial charge in [0.15, 0.2) is 17.2 Å². The van der Waals surface area contributed by atoms with Gasteiger partial charge >= 0.3 is 0 Å². The molecule has 5 aromatic rings. The van der Waals surface area contributed by atoms with Crippen LogP contribution in [0.3, 0.4) is 0 Å². The third-order valence-electron chi connectivity index (χ3n) is 4.97. The van der Waals surface area contributed by atoms with E-state index in [4.69, 9.17) is 10.2 Å². The van der Waals surface area contributed by atoms with Crippen molar-refractivity contribution in [3.05, 3.63) is 73.1 Å². The Labute approximate surface area is 182 Å². The maximum absolute atomic E-state index is 12.4. The molecule has 0 fully saturated rings. The largest absolute Gasteiger partial charge is 0.461 e. The van der Waals surface area contributed by atoms with Crippen molar-refractivity contribution >= 4 is 17.4 Å². The van der Waals surface area contributed by atoms with E-state index in [1.165, 1.54) is 0 Å². The van der Waals surface area contributed by atoms with Gasteiger partial charge < -0.3 is 20.0 Å². The highest BCUT2D eigenvalue weighted by Gasteiger charge is 2.14. The van der Waals surface area contributed by atoms with E-state index in [0.29, 0.717) is 35.0 Å². The summed E-state index contributed by atoms with van der Waals surface area (Å²) in [5.74, 6) is 1.12. The number of nitrogens with zero attached hydrogens (tertiary/aromatic N) is 6. The molecule has 0 unspecified atom stereocenters. The summed E-state index contributed by atoms with van der Waals surface area (Å²) in [6.07, 6.45) is 9.52. The molecule has 0 saturated carbocycles. The highest BCUT2D eigenvalue weighted by atomic mass is 16.3. The number of fused-ring (bicyclic) bond motifs is 1. The molecule has 10 nitrogen and oxygen atoms in total. The first-order valence-electron chi connectivity index (χ1n) is 10.1. The van der Waals surface area contributed by atoms with Gasteiger partial charge in [-0.1, -0.05) is 12.1 Å². The fourth-order valence-corrected chi connectivity index (χ4v) is 3.34. The molecule has 0 bridgehead atoms. The lowest BCUT2D eigenvalue weighted by Crippen LogP contribution is -2.25. The van der Waals surface area contributed by atoms with E-state index in [1.807, 2.05) is 22.9 Å². The predicted octanol–water partition coefficient (Wildman–Crippen LogP) is 2.65. The molecule has 0 aliphatic rings. The summed E-state index contributed by atoms with van der Waals surface area (Å²) in [4.78, 5) is 25.2. The molecule has 4 aromatic heterocycles. The zero-order valence-electron chi connectivity index (χ0n) is 17.0. The highest BCUT2D eigenvalue weighted by molar-refractivity contribution is 5.94. The Morgan fingerprint density at radius 1 is 1.16 bits per heavy atom. The Hall–Kier alpha value is -4.47. The average Bonchev–Trinajstić information content (AvgIpc) is 3.58. The number of aryl methyl sites for hydroxylation is 1. The third kappa shape index (κ3) is 3.93. The molecule has 0 radical (unpaired) electrons. The topological polar surface area (TPSA) is 129 Å². The van der Waals surface area contributed by atoms with E-state index in [0.717, 1.165) is 18.5 Å². The summed E-state index contributed by atoms with van der Waals surface area (Å²) < 4.78 is 8.91. The maximum atomic E-state index is 12.4. The van der Waals surface area contributed by atoms with E-state index < -0.39 is 0 Å². The lowest BCUT2D eigenvalue weighted by Gasteiger charge is -2.07. The molecule has 0 saturated heterocycles. The van der Waals surface area contributed by atoms with E-state index in [1.54, 1.807) is 53.8 Å². The zero-order chi connectivity index (χ0) is 21.9. The van der Waals surface area contributed by atoms with Crippen molar-refractivity contribution < 1.29 is 9.21 Å². The number of rotatable bonds is 7. The van der Waals surface area contributed by atoms with Gasteiger partial charge in [-0.3, -0.25) is 4.79 Å². The molecule has 0 aliphatic carbocycles. The van der Waals surface area contributed by atoms with Crippen molar-refractivity contribution in [2.24, 2.45) is 0 Å². The van der Waals surface area contributed by atoms with Crippen molar-refractivity contribution in [3.63, 3.8) is 0 Å². The van der Waals surface area contributed by atoms with Crippen molar-refractivity contribution in [1.82, 2.24) is 34.4 Å². The minimum Gasteiger partial charge on any atom is -0.461 e. The number of furan rings is 1. The molecule has 5 rings (SSSR count). The van der Waals surface area contributed by atoms with Crippen molar-refractivity contribution in [2.75, 3.05) is 12.3 Å². The summed E-state index contributed by atoms with van der Waals surface area (Å²) in [7, 11) is 0. The van der Waals surface area contributed by atoms with E-state index >= 15 is 0 Å². The van der Waals surface area contributed by atoms with Crippen LogP contribution in [0.2, 0.25) is 0 Å².